The molecule has 2 aliphatic rings. The molecule has 4 rings (SSSR count). The largest absolute Gasteiger partial charge is 0.495 e. The minimum Gasteiger partial charge on any atom is -0.495 e. The van der Waals surface area contributed by atoms with Gasteiger partial charge in [0.1, 0.15) is 11.9 Å². The van der Waals surface area contributed by atoms with E-state index in [0.29, 0.717) is 11.4 Å². The lowest BCUT2D eigenvalue weighted by Gasteiger charge is -2.38. The van der Waals surface area contributed by atoms with Crippen molar-refractivity contribution in [3.63, 3.8) is 0 Å². The number of ether oxygens (including phenoxy) is 2. The molecule has 1 amide bonds. The maximum atomic E-state index is 12.2. The van der Waals surface area contributed by atoms with Crippen molar-refractivity contribution in [3.8, 4) is 5.75 Å². The fourth-order valence-corrected chi connectivity index (χ4v) is 4.97. The summed E-state index contributed by atoms with van der Waals surface area (Å²) in [6, 6.07) is 13.6. The van der Waals surface area contributed by atoms with Crippen LogP contribution in [-0.2, 0) is 11.2 Å². The van der Waals surface area contributed by atoms with E-state index in [1.165, 1.54) is 31.2 Å². The quantitative estimate of drug-likeness (QED) is 0.489. The van der Waals surface area contributed by atoms with E-state index in [2.05, 4.69) is 5.32 Å². The van der Waals surface area contributed by atoms with Crippen LogP contribution in [0.3, 0.4) is 0 Å². The van der Waals surface area contributed by atoms with Crippen molar-refractivity contribution in [3.05, 3.63) is 53.6 Å². The Balaban J connectivity index is 0.000000235. The van der Waals surface area contributed by atoms with Gasteiger partial charge >= 0.3 is 6.09 Å². The van der Waals surface area contributed by atoms with Crippen molar-refractivity contribution >= 4 is 17.5 Å². The highest BCUT2D eigenvalue weighted by Gasteiger charge is 2.33. The Morgan fingerprint density at radius 2 is 1.76 bits per heavy atom. The second-order valence-electron chi connectivity index (χ2n) is 9.36. The Hall–Kier alpha value is -2.73. The van der Waals surface area contributed by atoms with Crippen molar-refractivity contribution in [1.29, 1.82) is 0 Å². The fraction of sp³-hybridized carbons (Fsp3) is 0.519. The number of amides is 1. The van der Waals surface area contributed by atoms with Crippen LogP contribution in [0.1, 0.15) is 56.1 Å². The molecule has 0 saturated heterocycles. The number of benzene rings is 2. The van der Waals surface area contributed by atoms with Crippen LogP contribution in [0.15, 0.2) is 42.5 Å². The van der Waals surface area contributed by atoms with Gasteiger partial charge in [0.2, 0.25) is 0 Å². The number of anilines is 2. The van der Waals surface area contributed by atoms with Gasteiger partial charge in [-0.05, 0) is 92.8 Å². The van der Waals surface area contributed by atoms with Gasteiger partial charge < -0.3 is 20.9 Å². The van der Waals surface area contributed by atoms with Crippen molar-refractivity contribution in [2.45, 2.75) is 64.4 Å². The summed E-state index contributed by atoms with van der Waals surface area (Å²) in [5.74, 6) is 2.15. The molecule has 0 radical (unpaired) electrons. The maximum Gasteiger partial charge on any atom is 0.412 e. The van der Waals surface area contributed by atoms with Gasteiger partial charge in [-0.3, -0.25) is 5.32 Å². The number of methoxy groups -OCH3 is 1. The molecular weight excluding hydrogens is 414 g/mol. The Labute approximate surface area is 198 Å². The van der Waals surface area contributed by atoms with E-state index in [1.54, 1.807) is 7.11 Å². The number of carbonyl (C=O) groups excluding carboxylic acids is 1. The number of rotatable bonds is 6. The van der Waals surface area contributed by atoms with Gasteiger partial charge in [0, 0.05) is 5.69 Å². The Kier molecular flexibility index (Phi) is 9.43. The van der Waals surface area contributed by atoms with Crippen LogP contribution in [0, 0.1) is 18.8 Å². The molecule has 2 bridgehead atoms. The zero-order valence-corrected chi connectivity index (χ0v) is 20.0. The molecular formula is C27H39N3O3. The minimum atomic E-state index is -0.367. The number of carbonyl (C=O) groups is 1. The summed E-state index contributed by atoms with van der Waals surface area (Å²) in [4.78, 5) is 12.2. The van der Waals surface area contributed by atoms with E-state index in [0.717, 1.165) is 55.3 Å². The van der Waals surface area contributed by atoms with Gasteiger partial charge in [-0.2, -0.15) is 0 Å². The van der Waals surface area contributed by atoms with Gasteiger partial charge in [0.25, 0.3) is 0 Å². The van der Waals surface area contributed by atoms with E-state index in [1.807, 2.05) is 49.4 Å². The molecule has 0 heterocycles. The fourth-order valence-electron chi connectivity index (χ4n) is 4.97. The normalized spacial score (nSPS) is 21.4. The van der Waals surface area contributed by atoms with E-state index in [-0.39, 0.29) is 12.2 Å². The Morgan fingerprint density at radius 3 is 2.39 bits per heavy atom. The molecule has 2 unspecified atom stereocenters. The molecule has 0 aliphatic heterocycles. The number of nitrogen functional groups attached to an aromatic ring is 1. The summed E-state index contributed by atoms with van der Waals surface area (Å²) < 4.78 is 10.9. The monoisotopic (exact) mass is 453 g/mol. The average molecular weight is 454 g/mol. The second kappa shape index (κ2) is 12.5. The topological polar surface area (TPSA) is 99.6 Å². The number of nitrogens with two attached hydrogens (primary N) is 2. The average Bonchev–Trinajstić information content (AvgIpc) is 2.79. The molecule has 6 heteroatoms. The van der Waals surface area contributed by atoms with Gasteiger partial charge in [0.15, 0.2) is 0 Å². The van der Waals surface area contributed by atoms with Gasteiger partial charge in [-0.15, -0.1) is 0 Å². The minimum absolute atomic E-state index is 0.0693. The first kappa shape index (κ1) is 24.9. The van der Waals surface area contributed by atoms with Crippen LogP contribution in [0.5, 0.6) is 5.75 Å². The third-order valence-electron chi connectivity index (χ3n) is 6.60. The first-order valence-electron chi connectivity index (χ1n) is 12.1. The summed E-state index contributed by atoms with van der Waals surface area (Å²) in [7, 11) is 1.60. The third-order valence-corrected chi connectivity index (χ3v) is 6.60. The lowest BCUT2D eigenvalue weighted by molar-refractivity contribution is 0.0303. The van der Waals surface area contributed by atoms with E-state index < -0.39 is 0 Å². The first-order chi connectivity index (χ1) is 16.0. The molecule has 6 nitrogen and oxygen atoms in total. The van der Waals surface area contributed by atoms with Crippen molar-refractivity contribution in [1.82, 2.24) is 0 Å². The molecule has 0 aromatic heterocycles. The third kappa shape index (κ3) is 7.97. The predicted octanol–water partition coefficient (Wildman–Crippen LogP) is 5.68. The molecule has 2 aromatic rings. The second-order valence-corrected chi connectivity index (χ2v) is 9.36. The first-order valence-corrected chi connectivity index (χ1v) is 12.1. The van der Waals surface area contributed by atoms with Crippen LogP contribution >= 0.6 is 0 Å². The van der Waals surface area contributed by atoms with Crippen LogP contribution in [0.4, 0.5) is 16.2 Å². The standard InChI is InChI=1S/C18H25NO3.C9H14N2/c1-12-6-7-17(21-2)16(8-12)19-18(20)22-15-10-13-4-3-5-14(9-13)11-15;10-7-1-2-8-3-5-9(11)6-4-8/h6-8,13-15H,3-5,9-11H2,1-2H3,(H,19,20);3-6H,1-2,7,10-11H2. The van der Waals surface area contributed by atoms with Crippen LogP contribution in [0.25, 0.3) is 0 Å². The van der Waals surface area contributed by atoms with Crippen LogP contribution < -0.4 is 21.5 Å². The summed E-state index contributed by atoms with van der Waals surface area (Å²) in [6.07, 6.45) is 9.11. The van der Waals surface area contributed by atoms with Gasteiger partial charge in [-0.1, -0.05) is 37.5 Å². The predicted molar refractivity (Wildman–Crippen MR) is 135 cm³/mol. The van der Waals surface area contributed by atoms with Gasteiger partial charge in [-0.25, -0.2) is 4.79 Å². The lowest BCUT2D eigenvalue weighted by atomic mass is 9.71. The Morgan fingerprint density at radius 1 is 1.06 bits per heavy atom. The van der Waals surface area contributed by atoms with Crippen LogP contribution in [-0.4, -0.2) is 25.9 Å². The molecule has 2 saturated carbocycles. The van der Waals surface area contributed by atoms with Crippen molar-refractivity contribution < 1.29 is 14.3 Å². The molecule has 33 heavy (non-hydrogen) atoms. The zero-order valence-electron chi connectivity index (χ0n) is 20.0. The number of hydrogen-bond donors (Lipinski definition) is 3. The molecule has 2 aliphatic carbocycles. The molecule has 2 fully saturated rings. The number of nitrogens with one attached hydrogen (secondary N) is 1. The number of fused-ring (bicyclic) bond motifs is 2. The smallest absolute Gasteiger partial charge is 0.412 e. The highest BCUT2D eigenvalue weighted by atomic mass is 16.6. The lowest BCUT2D eigenvalue weighted by Crippen LogP contribution is -2.34. The van der Waals surface area contributed by atoms with E-state index >= 15 is 0 Å². The van der Waals surface area contributed by atoms with Gasteiger partial charge in [0.05, 0.1) is 12.8 Å². The van der Waals surface area contributed by atoms with Crippen LogP contribution in [0.2, 0.25) is 0 Å². The van der Waals surface area contributed by atoms with Crippen molar-refractivity contribution in [2.24, 2.45) is 17.6 Å². The summed E-state index contributed by atoms with van der Waals surface area (Å²) in [6.45, 7) is 2.74. The summed E-state index contributed by atoms with van der Waals surface area (Å²) in [5.41, 5.74) is 14.8. The molecule has 2 atom stereocenters. The summed E-state index contributed by atoms with van der Waals surface area (Å²) >= 11 is 0. The Bertz CT molecular complexity index is 873. The molecule has 0 spiro atoms. The molecule has 5 N–H and O–H groups in total. The van der Waals surface area contributed by atoms with E-state index in [9.17, 15) is 4.79 Å². The highest BCUT2D eigenvalue weighted by Crippen LogP contribution is 2.41. The maximum absolute atomic E-state index is 12.2. The SMILES string of the molecule is COc1ccc(C)cc1NC(=O)OC1CC2CCCC(C2)C1.NCCCc1ccc(N)cc1. The highest BCUT2D eigenvalue weighted by molar-refractivity contribution is 5.87. The van der Waals surface area contributed by atoms with Crippen molar-refractivity contribution in [2.75, 3.05) is 24.7 Å². The zero-order chi connectivity index (χ0) is 23.6. The van der Waals surface area contributed by atoms with E-state index in [4.69, 9.17) is 20.9 Å². The summed E-state index contributed by atoms with van der Waals surface area (Å²) in [5, 5.41) is 2.83. The molecule has 2 aromatic carbocycles. The molecule has 180 valence electrons. The number of hydrogen-bond acceptors (Lipinski definition) is 5. The number of aryl methyl sites for hydroxylation is 2.